The fourth-order valence-electron chi connectivity index (χ4n) is 2.11. The summed E-state index contributed by atoms with van der Waals surface area (Å²) in [5.41, 5.74) is 7.58. The molecule has 1 aromatic carbocycles. The van der Waals surface area contributed by atoms with Crippen LogP contribution in [0.4, 0.5) is 14.6 Å². The lowest BCUT2D eigenvalue weighted by atomic mass is 10.1. The van der Waals surface area contributed by atoms with Crippen LogP contribution in [0.25, 0.3) is 5.69 Å². The van der Waals surface area contributed by atoms with Gasteiger partial charge in [-0.05, 0) is 12.1 Å². The van der Waals surface area contributed by atoms with Crippen LogP contribution in [-0.2, 0) is 17.8 Å². The van der Waals surface area contributed by atoms with Crippen molar-refractivity contribution in [3.05, 3.63) is 41.1 Å². The quantitative estimate of drug-likeness (QED) is 0.840. The Hall–Kier alpha value is -1.95. The van der Waals surface area contributed by atoms with Gasteiger partial charge in [0, 0.05) is 18.1 Å². The maximum absolute atomic E-state index is 13.7. The summed E-state index contributed by atoms with van der Waals surface area (Å²) in [7, 11) is 0. The third kappa shape index (κ3) is 1.65. The van der Waals surface area contributed by atoms with E-state index in [1.165, 1.54) is 16.8 Å². The number of ether oxygens (including phenoxy) is 1. The van der Waals surface area contributed by atoms with E-state index in [-0.39, 0.29) is 5.69 Å². The Morgan fingerprint density at radius 3 is 2.94 bits per heavy atom. The molecule has 0 atom stereocenters. The minimum atomic E-state index is -0.660. The first-order chi connectivity index (χ1) is 8.66. The fraction of sp³-hybridized carbons (Fsp3) is 0.250. The molecule has 2 heterocycles. The predicted octanol–water partition coefficient (Wildman–Crippen LogP) is 1.81. The van der Waals surface area contributed by atoms with Crippen LogP contribution in [0.1, 0.15) is 11.3 Å². The number of benzene rings is 1. The molecule has 0 unspecified atom stereocenters. The second-order valence-electron chi connectivity index (χ2n) is 4.12. The summed E-state index contributed by atoms with van der Waals surface area (Å²) < 4.78 is 33.4. The molecule has 1 aliphatic rings. The number of nitrogens with two attached hydrogens (primary N) is 1. The summed E-state index contributed by atoms with van der Waals surface area (Å²) in [5.74, 6) is -0.950. The largest absolute Gasteiger partial charge is 0.382 e. The molecule has 1 aliphatic heterocycles. The SMILES string of the molecule is Nc1nn(-c2ccc(F)cc2F)c2c1COCC2. The van der Waals surface area contributed by atoms with Gasteiger partial charge in [-0.25, -0.2) is 13.5 Å². The summed E-state index contributed by atoms with van der Waals surface area (Å²) in [6, 6.07) is 3.38. The maximum atomic E-state index is 13.7. The Morgan fingerprint density at radius 1 is 1.33 bits per heavy atom. The van der Waals surface area contributed by atoms with Gasteiger partial charge in [-0.15, -0.1) is 5.10 Å². The first-order valence-corrected chi connectivity index (χ1v) is 5.56. The van der Waals surface area contributed by atoms with Gasteiger partial charge in [-0.1, -0.05) is 0 Å². The molecule has 94 valence electrons. The van der Waals surface area contributed by atoms with Crippen molar-refractivity contribution in [2.75, 3.05) is 12.3 Å². The smallest absolute Gasteiger partial charge is 0.151 e. The van der Waals surface area contributed by atoms with Crippen LogP contribution in [0.2, 0.25) is 0 Å². The molecular weight excluding hydrogens is 240 g/mol. The van der Waals surface area contributed by atoms with Gasteiger partial charge in [0.1, 0.15) is 11.5 Å². The molecule has 0 aliphatic carbocycles. The minimum Gasteiger partial charge on any atom is -0.382 e. The van der Waals surface area contributed by atoms with Gasteiger partial charge < -0.3 is 10.5 Å². The van der Waals surface area contributed by atoms with Crippen LogP contribution in [0.15, 0.2) is 18.2 Å². The van der Waals surface area contributed by atoms with Crippen LogP contribution in [0.5, 0.6) is 0 Å². The molecular formula is C12H11F2N3O. The molecule has 1 aromatic heterocycles. The number of aromatic nitrogens is 2. The zero-order chi connectivity index (χ0) is 12.7. The van der Waals surface area contributed by atoms with Crippen molar-refractivity contribution in [3.8, 4) is 5.69 Å². The number of hydrogen-bond donors (Lipinski definition) is 1. The molecule has 2 N–H and O–H groups in total. The topological polar surface area (TPSA) is 53.1 Å². The highest BCUT2D eigenvalue weighted by Crippen LogP contribution is 2.26. The van der Waals surface area contributed by atoms with Crippen LogP contribution >= 0.6 is 0 Å². The van der Waals surface area contributed by atoms with Crippen molar-refractivity contribution in [2.24, 2.45) is 0 Å². The summed E-state index contributed by atoms with van der Waals surface area (Å²) >= 11 is 0. The highest BCUT2D eigenvalue weighted by Gasteiger charge is 2.22. The molecule has 0 fully saturated rings. The van der Waals surface area contributed by atoms with E-state index in [0.29, 0.717) is 25.5 Å². The van der Waals surface area contributed by atoms with Gasteiger partial charge >= 0.3 is 0 Å². The normalized spacial score (nSPS) is 14.6. The Kier molecular flexibility index (Phi) is 2.52. The molecule has 6 heteroatoms. The van der Waals surface area contributed by atoms with Gasteiger partial charge in [-0.3, -0.25) is 0 Å². The molecule has 0 radical (unpaired) electrons. The van der Waals surface area contributed by atoms with Gasteiger partial charge in [0.2, 0.25) is 0 Å². The van der Waals surface area contributed by atoms with Crippen molar-refractivity contribution in [2.45, 2.75) is 13.0 Å². The van der Waals surface area contributed by atoms with Crippen LogP contribution < -0.4 is 5.73 Å². The molecule has 0 amide bonds. The third-order valence-corrected chi connectivity index (χ3v) is 2.99. The predicted molar refractivity (Wildman–Crippen MR) is 61.3 cm³/mol. The summed E-state index contributed by atoms with van der Waals surface area (Å²) in [4.78, 5) is 0. The van der Waals surface area contributed by atoms with E-state index in [1.807, 2.05) is 0 Å². The lowest BCUT2D eigenvalue weighted by Gasteiger charge is -2.14. The molecule has 4 nitrogen and oxygen atoms in total. The summed E-state index contributed by atoms with van der Waals surface area (Å²) in [6.07, 6.45) is 0.607. The van der Waals surface area contributed by atoms with E-state index in [4.69, 9.17) is 10.5 Å². The van der Waals surface area contributed by atoms with Crippen LogP contribution in [-0.4, -0.2) is 16.4 Å². The Labute approximate surface area is 102 Å². The lowest BCUT2D eigenvalue weighted by molar-refractivity contribution is 0.110. The van der Waals surface area contributed by atoms with E-state index in [0.717, 1.165) is 17.3 Å². The van der Waals surface area contributed by atoms with Crippen LogP contribution in [0, 0.1) is 11.6 Å². The maximum Gasteiger partial charge on any atom is 0.151 e. The Bertz CT molecular complexity index is 610. The minimum absolute atomic E-state index is 0.200. The van der Waals surface area contributed by atoms with Gasteiger partial charge in [0.05, 0.1) is 18.9 Å². The number of halogens is 2. The Balaban J connectivity index is 2.17. The number of hydrogen-bond acceptors (Lipinski definition) is 3. The fourth-order valence-corrected chi connectivity index (χ4v) is 2.11. The molecule has 0 spiro atoms. The lowest BCUT2D eigenvalue weighted by Crippen LogP contribution is -2.13. The molecule has 3 rings (SSSR count). The zero-order valence-corrected chi connectivity index (χ0v) is 9.49. The zero-order valence-electron chi connectivity index (χ0n) is 9.49. The van der Waals surface area contributed by atoms with E-state index in [9.17, 15) is 8.78 Å². The molecule has 0 saturated heterocycles. The van der Waals surface area contributed by atoms with E-state index in [1.54, 1.807) is 0 Å². The van der Waals surface area contributed by atoms with Gasteiger partial charge in [0.15, 0.2) is 11.6 Å². The van der Waals surface area contributed by atoms with E-state index in [2.05, 4.69) is 5.10 Å². The highest BCUT2D eigenvalue weighted by molar-refractivity contribution is 5.48. The van der Waals surface area contributed by atoms with Gasteiger partial charge in [0.25, 0.3) is 0 Å². The molecule has 18 heavy (non-hydrogen) atoms. The second kappa shape index (κ2) is 4.06. The first-order valence-electron chi connectivity index (χ1n) is 5.56. The Morgan fingerprint density at radius 2 is 2.17 bits per heavy atom. The van der Waals surface area contributed by atoms with Crippen LogP contribution in [0.3, 0.4) is 0 Å². The van der Waals surface area contributed by atoms with Gasteiger partial charge in [-0.2, -0.15) is 0 Å². The van der Waals surface area contributed by atoms with E-state index >= 15 is 0 Å². The molecule has 0 saturated carbocycles. The van der Waals surface area contributed by atoms with Crippen molar-refractivity contribution >= 4 is 5.82 Å². The average Bonchev–Trinajstić information content (AvgIpc) is 2.68. The number of nitrogen functional groups attached to an aromatic ring is 1. The number of anilines is 1. The monoisotopic (exact) mass is 251 g/mol. The number of nitrogens with zero attached hydrogens (tertiary/aromatic N) is 2. The number of fused-ring (bicyclic) bond motifs is 1. The molecule has 2 aromatic rings. The van der Waals surface area contributed by atoms with E-state index < -0.39 is 11.6 Å². The standard InChI is InChI=1S/C12H11F2N3O/c13-7-1-2-11(9(14)5-7)17-10-3-4-18-6-8(10)12(15)16-17/h1-2,5H,3-4,6H2,(H2,15,16). The third-order valence-electron chi connectivity index (χ3n) is 2.99. The van der Waals surface area contributed by atoms with Crippen molar-refractivity contribution in [1.29, 1.82) is 0 Å². The first kappa shape index (κ1) is 11.2. The summed E-state index contributed by atoms with van der Waals surface area (Å²) in [6.45, 7) is 0.922. The highest BCUT2D eigenvalue weighted by atomic mass is 19.1. The number of rotatable bonds is 1. The summed E-state index contributed by atoms with van der Waals surface area (Å²) in [5, 5.41) is 4.10. The second-order valence-corrected chi connectivity index (χ2v) is 4.12. The van der Waals surface area contributed by atoms with Crippen molar-refractivity contribution in [1.82, 2.24) is 9.78 Å². The van der Waals surface area contributed by atoms with Crippen molar-refractivity contribution in [3.63, 3.8) is 0 Å². The van der Waals surface area contributed by atoms with Crippen molar-refractivity contribution < 1.29 is 13.5 Å². The average molecular weight is 251 g/mol. The molecule has 0 bridgehead atoms.